The highest BCUT2D eigenvalue weighted by atomic mass is 32.2. The second-order valence-corrected chi connectivity index (χ2v) is 4.18. The summed E-state index contributed by atoms with van der Waals surface area (Å²) in [6.07, 6.45) is 1.84. The van der Waals surface area contributed by atoms with Gasteiger partial charge in [-0.05, 0) is 12.8 Å². The molecule has 0 radical (unpaired) electrons. The van der Waals surface area contributed by atoms with E-state index < -0.39 is 9.84 Å². The number of hydrogen-bond acceptors (Lipinski definition) is 3. The number of aliphatic hydroxyl groups is 1. The third-order valence-electron chi connectivity index (χ3n) is 1.38. The van der Waals surface area contributed by atoms with E-state index in [1.54, 1.807) is 0 Å². The lowest BCUT2D eigenvalue weighted by atomic mass is 10.3. The van der Waals surface area contributed by atoms with Crippen LogP contribution in [0, 0.1) is 0 Å². The molecule has 52 valence electrons. The highest BCUT2D eigenvalue weighted by Gasteiger charge is 2.24. The van der Waals surface area contributed by atoms with Crippen LogP contribution >= 0.6 is 0 Å². The first-order chi connectivity index (χ1) is 4.17. The third-order valence-corrected chi connectivity index (χ3v) is 3.31. The van der Waals surface area contributed by atoms with Crippen molar-refractivity contribution in [2.24, 2.45) is 0 Å². The minimum Gasteiger partial charge on any atom is -0.515 e. The molecule has 0 aromatic rings. The highest BCUT2D eigenvalue weighted by Crippen LogP contribution is 2.22. The fourth-order valence-corrected chi connectivity index (χ4v) is 2.27. The van der Waals surface area contributed by atoms with Crippen LogP contribution in [0.15, 0.2) is 11.2 Å². The van der Waals surface area contributed by atoms with Crippen LogP contribution in [0.4, 0.5) is 0 Å². The maximum Gasteiger partial charge on any atom is 0.177 e. The summed E-state index contributed by atoms with van der Waals surface area (Å²) in [7, 11) is -3.03. The van der Waals surface area contributed by atoms with Gasteiger partial charge in [0.25, 0.3) is 0 Å². The molecule has 1 fully saturated rings. The zero-order valence-corrected chi connectivity index (χ0v) is 5.69. The van der Waals surface area contributed by atoms with Crippen LogP contribution in [-0.4, -0.2) is 19.3 Å². The Morgan fingerprint density at radius 2 is 2.22 bits per heavy atom. The van der Waals surface area contributed by atoms with Crippen LogP contribution < -0.4 is 0 Å². The van der Waals surface area contributed by atoms with Gasteiger partial charge < -0.3 is 5.11 Å². The lowest BCUT2D eigenvalue weighted by Gasteiger charge is -1.89. The molecule has 9 heavy (non-hydrogen) atoms. The molecule has 1 saturated heterocycles. The zero-order valence-electron chi connectivity index (χ0n) is 4.87. The minimum absolute atomic E-state index is 0.183. The topological polar surface area (TPSA) is 54.4 Å². The molecule has 0 atom stereocenters. The first-order valence-corrected chi connectivity index (χ1v) is 4.38. The minimum atomic E-state index is -3.03. The fraction of sp³-hybridized carbons (Fsp3) is 0.600. The van der Waals surface area contributed by atoms with Crippen LogP contribution in [0.3, 0.4) is 0 Å². The van der Waals surface area contributed by atoms with Gasteiger partial charge in [0, 0.05) is 0 Å². The largest absolute Gasteiger partial charge is 0.515 e. The molecule has 0 bridgehead atoms. The smallest absolute Gasteiger partial charge is 0.177 e. The number of rotatable bonds is 0. The Hall–Kier alpha value is -0.510. The van der Waals surface area contributed by atoms with Crippen molar-refractivity contribution in [3.8, 4) is 0 Å². The van der Waals surface area contributed by atoms with Gasteiger partial charge in [-0.3, -0.25) is 0 Å². The molecule has 1 aliphatic heterocycles. The van der Waals surface area contributed by atoms with Gasteiger partial charge in [-0.2, -0.15) is 0 Å². The van der Waals surface area contributed by atoms with Crippen molar-refractivity contribution in [3.05, 3.63) is 11.2 Å². The van der Waals surface area contributed by atoms with Gasteiger partial charge in [0.2, 0.25) is 0 Å². The van der Waals surface area contributed by atoms with E-state index in [1.165, 1.54) is 0 Å². The predicted octanol–water partition coefficient (Wildman–Crippen LogP) is 0.594. The summed E-state index contributed by atoms with van der Waals surface area (Å²) in [6, 6.07) is 0. The number of hydrogen-bond donors (Lipinski definition) is 1. The van der Waals surface area contributed by atoms with Crippen molar-refractivity contribution in [1.82, 2.24) is 0 Å². The monoisotopic (exact) mass is 148 g/mol. The van der Waals surface area contributed by atoms with E-state index in [0.717, 1.165) is 0 Å². The van der Waals surface area contributed by atoms with Crippen molar-refractivity contribution in [2.75, 3.05) is 5.75 Å². The molecular weight excluding hydrogens is 140 g/mol. The van der Waals surface area contributed by atoms with Crippen LogP contribution in [0.2, 0.25) is 0 Å². The summed E-state index contributed by atoms with van der Waals surface area (Å²) < 4.78 is 21.5. The van der Waals surface area contributed by atoms with Crippen molar-refractivity contribution in [3.63, 3.8) is 0 Å². The molecule has 0 unspecified atom stereocenters. The Labute approximate surface area is 53.9 Å². The first-order valence-electron chi connectivity index (χ1n) is 2.73. The summed E-state index contributed by atoms with van der Waals surface area (Å²) >= 11 is 0. The second kappa shape index (κ2) is 2.02. The van der Waals surface area contributed by atoms with Crippen LogP contribution in [0.5, 0.6) is 0 Å². The molecule has 1 rings (SSSR count). The molecular formula is C5H8O3S. The molecule has 0 saturated carbocycles. The summed E-state index contributed by atoms with van der Waals surface area (Å²) in [4.78, 5) is 0.183. The summed E-state index contributed by atoms with van der Waals surface area (Å²) in [5.74, 6) is 0.194. The lowest BCUT2D eigenvalue weighted by Crippen LogP contribution is -1.97. The van der Waals surface area contributed by atoms with Crippen LogP contribution in [0.1, 0.15) is 12.8 Å². The van der Waals surface area contributed by atoms with E-state index in [0.29, 0.717) is 19.1 Å². The molecule has 4 heteroatoms. The molecule has 1 N–H and O–H groups in total. The van der Waals surface area contributed by atoms with E-state index >= 15 is 0 Å². The maximum absolute atomic E-state index is 10.8. The van der Waals surface area contributed by atoms with Gasteiger partial charge in [0.1, 0.15) is 0 Å². The lowest BCUT2D eigenvalue weighted by molar-refractivity contribution is 0.468. The molecule has 0 aromatic heterocycles. The first kappa shape index (κ1) is 6.61. The Morgan fingerprint density at radius 1 is 1.56 bits per heavy atom. The van der Waals surface area contributed by atoms with E-state index in [9.17, 15) is 8.42 Å². The Balaban J connectivity index is 3.03. The van der Waals surface area contributed by atoms with Crippen molar-refractivity contribution in [2.45, 2.75) is 12.8 Å². The normalized spacial score (nSPS) is 29.1. The van der Waals surface area contributed by atoms with E-state index in [1.807, 2.05) is 0 Å². The van der Waals surface area contributed by atoms with Crippen molar-refractivity contribution < 1.29 is 13.5 Å². The standard InChI is InChI=1S/C5H8O3S/c6-4-5-2-1-3-9(5,7)8/h4,6H,1-3H2. The summed E-state index contributed by atoms with van der Waals surface area (Å²) in [5, 5.41) is 8.36. The van der Waals surface area contributed by atoms with Gasteiger partial charge in [-0.25, -0.2) is 8.42 Å². The molecule has 0 amide bonds. The van der Waals surface area contributed by atoms with Gasteiger partial charge >= 0.3 is 0 Å². The molecule has 0 spiro atoms. The van der Waals surface area contributed by atoms with Gasteiger partial charge in [-0.15, -0.1) is 0 Å². The third kappa shape index (κ3) is 1.08. The van der Waals surface area contributed by atoms with Gasteiger partial charge in [-0.1, -0.05) is 0 Å². The average Bonchev–Trinajstić information content (AvgIpc) is 2.08. The number of aliphatic hydroxyl groups excluding tert-OH is 1. The van der Waals surface area contributed by atoms with Crippen molar-refractivity contribution in [1.29, 1.82) is 0 Å². The SMILES string of the molecule is O=S1(=O)CCCC1=CO. The highest BCUT2D eigenvalue weighted by molar-refractivity contribution is 7.95. The predicted molar refractivity (Wildman–Crippen MR) is 33.7 cm³/mol. The maximum atomic E-state index is 10.8. The summed E-state index contributed by atoms with van der Waals surface area (Å²) in [5.41, 5.74) is 0. The Kier molecular flexibility index (Phi) is 1.48. The number of allylic oxidation sites excluding steroid dienone is 1. The van der Waals surface area contributed by atoms with E-state index in [2.05, 4.69) is 0 Å². The Bertz CT molecular complexity index is 225. The number of sulfone groups is 1. The fourth-order valence-electron chi connectivity index (χ4n) is 0.868. The average molecular weight is 148 g/mol. The molecule has 3 nitrogen and oxygen atoms in total. The van der Waals surface area contributed by atoms with Crippen molar-refractivity contribution >= 4 is 9.84 Å². The molecule has 1 aliphatic rings. The van der Waals surface area contributed by atoms with Crippen LogP contribution in [0.25, 0.3) is 0 Å². The Morgan fingerprint density at radius 3 is 2.44 bits per heavy atom. The van der Waals surface area contributed by atoms with E-state index in [-0.39, 0.29) is 10.7 Å². The quantitative estimate of drug-likeness (QED) is 0.511. The molecule has 1 heterocycles. The molecule has 0 aliphatic carbocycles. The zero-order chi connectivity index (χ0) is 6.91. The summed E-state index contributed by atoms with van der Waals surface area (Å²) in [6.45, 7) is 0. The second-order valence-electron chi connectivity index (χ2n) is 2.02. The van der Waals surface area contributed by atoms with Crippen LogP contribution in [-0.2, 0) is 9.84 Å². The van der Waals surface area contributed by atoms with Gasteiger partial charge in [0.15, 0.2) is 9.84 Å². The van der Waals surface area contributed by atoms with E-state index in [4.69, 9.17) is 5.11 Å². The molecule has 0 aromatic carbocycles. The van der Waals surface area contributed by atoms with Gasteiger partial charge in [0.05, 0.1) is 16.9 Å².